The molecular formula is C16H23N3S. The molecule has 108 valence electrons. The van der Waals surface area contributed by atoms with E-state index in [9.17, 15) is 0 Å². The lowest BCUT2D eigenvalue weighted by molar-refractivity contribution is 0.524. The van der Waals surface area contributed by atoms with E-state index in [0.717, 1.165) is 18.7 Å². The third-order valence-electron chi connectivity index (χ3n) is 3.30. The molecule has 0 spiro atoms. The maximum atomic E-state index is 4.41. The minimum Gasteiger partial charge on any atom is -0.311 e. The molecule has 0 amide bonds. The lowest BCUT2D eigenvalue weighted by Crippen LogP contribution is -2.22. The van der Waals surface area contributed by atoms with E-state index in [2.05, 4.69) is 59.3 Å². The number of aromatic nitrogens is 2. The molecule has 0 aliphatic carbocycles. The Morgan fingerprint density at radius 2 is 2.20 bits per heavy atom. The molecule has 0 saturated heterocycles. The summed E-state index contributed by atoms with van der Waals surface area (Å²) in [5, 5.41) is 7.82. The molecule has 0 aliphatic heterocycles. The lowest BCUT2D eigenvalue weighted by atomic mass is 10.2. The van der Waals surface area contributed by atoms with Crippen LogP contribution in [-0.2, 0) is 6.54 Å². The zero-order valence-corrected chi connectivity index (χ0v) is 13.3. The molecule has 0 aliphatic rings. The number of benzene rings is 1. The van der Waals surface area contributed by atoms with E-state index in [4.69, 9.17) is 0 Å². The Morgan fingerprint density at radius 3 is 2.90 bits per heavy atom. The van der Waals surface area contributed by atoms with Gasteiger partial charge in [0.2, 0.25) is 0 Å². The van der Waals surface area contributed by atoms with Crippen molar-refractivity contribution in [2.24, 2.45) is 0 Å². The Balaban J connectivity index is 2.03. The number of aryl methyl sites for hydroxylation is 2. The smallest absolute Gasteiger partial charge is 0.0584 e. The number of nitrogens with one attached hydrogen (secondary N) is 1. The summed E-state index contributed by atoms with van der Waals surface area (Å²) in [6.07, 6.45) is 3.00. The van der Waals surface area contributed by atoms with Crippen LogP contribution in [0.3, 0.4) is 0 Å². The van der Waals surface area contributed by atoms with Crippen molar-refractivity contribution in [3.8, 4) is 0 Å². The van der Waals surface area contributed by atoms with Crippen molar-refractivity contribution < 1.29 is 0 Å². The highest BCUT2D eigenvalue weighted by atomic mass is 32.2. The molecule has 1 unspecified atom stereocenters. The van der Waals surface area contributed by atoms with E-state index in [0.29, 0.717) is 6.04 Å². The van der Waals surface area contributed by atoms with Crippen LogP contribution >= 0.6 is 11.8 Å². The van der Waals surface area contributed by atoms with Crippen molar-refractivity contribution in [1.29, 1.82) is 0 Å². The predicted molar refractivity (Wildman–Crippen MR) is 86.2 cm³/mol. The SMILES string of the molecule is CCCn1nccc1C(CSc1cccc(C)c1)NC. The maximum absolute atomic E-state index is 4.41. The number of thioether (sulfide) groups is 1. The molecule has 1 heterocycles. The van der Waals surface area contributed by atoms with Gasteiger partial charge in [-0.1, -0.05) is 24.6 Å². The molecule has 2 rings (SSSR count). The minimum atomic E-state index is 0.328. The van der Waals surface area contributed by atoms with Gasteiger partial charge in [0.1, 0.15) is 0 Å². The first-order valence-corrected chi connectivity index (χ1v) is 8.11. The van der Waals surface area contributed by atoms with Crippen LogP contribution in [0.25, 0.3) is 0 Å². The summed E-state index contributed by atoms with van der Waals surface area (Å²) in [5.74, 6) is 1.01. The van der Waals surface area contributed by atoms with Crippen molar-refractivity contribution in [2.45, 2.75) is 37.8 Å². The maximum Gasteiger partial charge on any atom is 0.0584 e. The molecule has 1 aromatic heterocycles. The second-order valence-electron chi connectivity index (χ2n) is 4.95. The molecule has 0 fully saturated rings. The summed E-state index contributed by atoms with van der Waals surface area (Å²) in [5.41, 5.74) is 2.58. The average Bonchev–Trinajstić information content (AvgIpc) is 2.89. The molecule has 1 N–H and O–H groups in total. The molecule has 2 aromatic rings. The van der Waals surface area contributed by atoms with E-state index in [1.54, 1.807) is 0 Å². The highest BCUT2D eigenvalue weighted by Crippen LogP contribution is 2.25. The van der Waals surface area contributed by atoms with Gasteiger partial charge in [0.15, 0.2) is 0 Å². The van der Waals surface area contributed by atoms with Gasteiger partial charge in [0, 0.05) is 23.4 Å². The molecule has 0 radical (unpaired) electrons. The fourth-order valence-electron chi connectivity index (χ4n) is 2.24. The van der Waals surface area contributed by atoms with Gasteiger partial charge in [0.05, 0.1) is 11.7 Å². The Labute approximate surface area is 125 Å². The Morgan fingerprint density at radius 1 is 1.35 bits per heavy atom. The van der Waals surface area contributed by atoms with E-state index < -0.39 is 0 Å². The van der Waals surface area contributed by atoms with Crippen LogP contribution < -0.4 is 5.32 Å². The van der Waals surface area contributed by atoms with Gasteiger partial charge in [-0.3, -0.25) is 4.68 Å². The van der Waals surface area contributed by atoms with Crippen LogP contribution in [0.5, 0.6) is 0 Å². The van der Waals surface area contributed by atoms with E-state index in [-0.39, 0.29) is 0 Å². The highest BCUT2D eigenvalue weighted by Gasteiger charge is 2.14. The Kier molecular flexibility index (Phi) is 5.68. The van der Waals surface area contributed by atoms with Crippen molar-refractivity contribution in [1.82, 2.24) is 15.1 Å². The molecular weight excluding hydrogens is 266 g/mol. The van der Waals surface area contributed by atoms with E-state index in [1.165, 1.54) is 16.2 Å². The van der Waals surface area contributed by atoms with Crippen LogP contribution in [0.2, 0.25) is 0 Å². The second kappa shape index (κ2) is 7.50. The first-order valence-electron chi connectivity index (χ1n) is 7.13. The molecule has 3 nitrogen and oxygen atoms in total. The summed E-state index contributed by atoms with van der Waals surface area (Å²) >= 11 is 1.89. The van der Waals surface area contributed by atoms with Gasteiger partial charge in [-0.2, -0.15) is 5.10 Å². The summed E-state index contributed by atoms with van der Waals surface area (Å²) in [7, 11) is 2.02. The minimum absolute atomic E-state index is 0.328. The van der Waals surface area contributed by atoms with Crippen molar-refractivity contribution in [2.75, 3.05) is 12.8 Å². The highest BCUT2D eigenvalue weighted by molar-refractivity contribution is 7.99. The third-order valence-corrected chi connectivity index (χ3v) is 4.38. The van der Waals surface area contributed by atoms with Gasteiger partial charge in [-0.25, -0.2) is 0 Å². The van der Waals surface area contributed by atoms with Crippen LogP contribution in [0.15, 0.2) is 41.4 Å². The number of hydrogen-bond acceptors (Lipinski definition) is 3. The first kappa shape index (κ1) is 15.1. The zero-order valence-electron chi connectivity index (χ0n) is 12.5. The fourth-order valence-corrected chi connectivity index (χ4v) is 3.38. The van der Waals surface area contributed by atoms with Crippen LogP contribution in [-0.4, -0.2) is 22.6 Å². The molecule has 1 aromatic carbocycles. The van der Waals surface area contributed by atoms with Gasteiger partial charge in [0.25, 0.3) is 0 Å². The monoisotopic (exact) mass is 289 g/mol. The normalized spacial score (nSPS) is 12.6. The van der Waals surface area contributed by atoms with Crippen molar-refractivity contribution in [3.63, 3.8) is 0 Å². The first-order chi connectivity index (χ1) is 9.74. The Bertz CT molecular complexity index is 536. The molecule has 20 heavy (non-hydrogen) atoms. The quantitative estimate of drug-likeness (QED) is 0.789. The molecule has 0 saturated carbocycles. The zero-order chi connectivity index (χ0) is 14.4. The molecule has 0 bridgehead atoms. The van der Waals surface area contributed by atoms with Crippen molar-refractivity contribution >= 4 is 11.8 Å². The van der Waals surface area contributed by atoms with Crippen LogP contribution in [0.4, 0.5) is 0 Å². The van der Waals surface area contributed by atoms with E-state index >= 15 is 0 Å². The second-order valence-corrected chi connectivity index (χ2v) is 6.04. The molecule has 1 atom stereocenters. The van der Waals surface area contributed by atoms with Crippen LogP contribution in [0.1, 0.15) is 30.6 Å². The average molecular weight is 289 g/mol. The van der Waals surface area contributed by atoms with Gasteiger partial charge >= 0.3 is 0 Å². The summed E-state index contributed by atoms with van der Waals surface area (Å²) in [6.45, 7) is 5.30. The molecule has 4 heteroatoms. The number of hydrogen-bond donors (Lipinski definition) is 1. The Hall–Kier alpha value is -1.26. The summed E-state index contributed by atoms with van der Waals surface area (Å²) in [4.78, 5) is 1.33. The lowest BCUT2D eigenvalue weighted by Gasteiger charge is -2.17. The third kappa shape index (κ3) is 3.87. The number of rotatable bonds is 7. The fraction of sp³-hybridized carbons (Fsp3) is 0.438. The van der Waals surface area contributed by atoms with Gasteiger partial charge in [-0.05, 0) is 38.6 Å². The standard InChI is InChI=1S/C16H23N3S/c1-4-10-19-16(8-9-18-19)15(17-3)12-20-14-7-5-6-13(2)11-14/h5-9,11,15,17H,4,10,12H2,1-3H3. The number of nitrogens with zero attached hydrogens (tertiary/aromatic N) is 2. The summed E-state index contributed by atoms with van der Waals surface area (Å²) < 4.78 is 2.11. The van der Waals surface area contributed by atoms with Crippen molar-refractivity contribution in [3.05, 3.63) is 47.8 Å². The van der Waals surface area contributed by atoms with Gasteiger partial charge in [-0.15, -0.1) is 11.8 Å². The van der Waals surface area contributed by atoms with E-state index in [1.807, 2.05) is 25.0 Å². The largest absolute Gasteiger partial charge is 0.311 e. The van der Waals surface area contributed by atoms with Gasteiger partial charge < -0.3 is 5.32 Å². The predicted octanol–water partition coefficient (Wildman–Crippen LogP) is 3.65. The summed E-state index contributed by atoms with van der Waals surface area (Å²) in [6, 6.07) is 11.1. The van der Waals surface area contributed by atoms with Crippen LogP contribution in [0, 0.1) is 6.92 Å². The topological polar surface area (TPSA) is 29.9 Å².